The van der Waals surface area contributed by atoms with E-state index in [0.717, 1.165) is 0 Å². The van der Waals surface area contributed by atoms with Gasteiger partial charge in [-0.2, -0.15) is 0 Å². The normalized spacial score (nSPS) is 12.5. The summed E-state index contributed by atoms with van der Waals surface area (Å²) in [4.78, 5) is 46.5. The van der Waals surface area contributed by atoms with Gasteiger partial charge in [-0.3, -0.25) is 19.7 Å². The van der Waals surface area contributed by atoms with Gasteiger partial charge in [-0.25, -0.2) is 4.79 Å². The molecule has 7 nitrogen and oxygen atoms in total. The summed E-state index contributed by atoms with van der Waals surface area (Å²) in [6.45, 7) is 0. The first-order chi connectivity index (χ1) is 11.0. The van der Waals surface area contributed by atoms with E-state index in [9.17, 15) is 19.2 Å². The Labute approximate surface area is 129 Å². The summed E-state index contributed by atoms with van der Waals surface area (Å²) in [5.41, 5.74) is 0.571. The Kier molecular flexibility index (Phi) is 3.38. The van der Waals surface area contributed by atoms with Gasteiger partial charge in [-0.05, 0) is 30.3 Å². The summed E-state index contributed by atoms with van der Waals surface area (Å²) in [6, 6.07) is 10.1. The summed E-state index contributed by atoms with van der Waals surface area (Å²) in [7, 11) is 0. The van der Waals surface area contributed by atoms with Crippen LogP contribution in [-0.2, 0) is 0 Å². The number of carbonyl (C=O) groups is 4. The molecule has 0 saturated carbocycles. The molecular weight excluding hydrogens is 300 g/mol. The first kappa shape index (κ1) is 14.5. The number of carbonyl (C=O) groups excluding carboxylic acids is 3. The molecule has 23 heavy (non-hydrogen) atoms. The molecule has 0 aromatic heterocycles. The van der Waals surface area contributed by atoms with Crippen LogP contribution in [0.15, 0.2) is 42.5 Å². The Morgan fingerprint density at radius 1 is 0.957 bits per heavy atom. The molecule has 3 N–H and O–H groups in total. The van der Waals surface area contributed by atoms with E-state index in [4.69, 9.17) is 5.11 Å². The molecular formula is C16H10N2O5. The van der Waals surface area contributed by atoms with Crippen molar-refractivity contribution < 1.29 is 24.3 Å². The number of para-hydroxylation sites is 1. The number of aromatic carboxylic acids is 1. The fraction of sp³-hybridized carbons (Fsp3) is 0. The summed E-state index contributed by atoms with van der Waals surface area (Å²) in [6.07, 6.45) is 0. The highest BCUT2D eigenvalue weighted by atomic mass is 16.4. The SMILES string of the molecule is O=C(Nc1ccccc1C(=O)O)c1ccc2c(c1)C(=O)NC2=O. The largest absolute Gasteiger partial charge is 0.478 e. The number of carboxylic acids is 1. The smallest absolute Gasteiger partial charge is 0.337 e. The van der Waals surface area contributed by atoms with E-state index in [0.29, 0.717) is 0 Å². The Balaban J connectivity index is 1.91. The van der Waals surface area contributed by atoms with Crippen molar-refractivity contribution in [1.29, 1.82) is 0 Å². The molecule has 1 aliphatic rings. The molecule has 114 valence electrons. The van der Waals surface area contributed by atoms with E-state index in [-0.39, 0.29) is 27.9 Å². The van der Waals surface area contributed by atoms with Crippen LogP contribution in [0.5, 0.6) is 0 Å². The summed E-state index contributed by atoms with van der Waals surface area (Å²) < 4.78 is 0. The number of imide groups is 1. The Bertz CT molecular complexity index is 873. The fourth-order valence-electron chi connectivity index (χ4n) is 2.28. The minimum Gasteiger partial charge on any atom is -0.478 e. The quantitative estimate of drug-likeness (QED) is 0.744. The third kappa shape index (κ3) is 2.55. The van der Waals surface area contributed by atoms with Crippen LogP contribution in [0.2, 0.25) is 0 Å². The van der Waals surface area contributed by atoms with Gasteiger partial charge in [0.2, 0.25) is 0 Å². The van der Waals surface area contributed by atoms with E-state index in [1.807, 2.05) is 0 Å². The number of rotatable bonds is 3. The van der Waals surface area contributed by atoms with Crippen molar-refractivity contribution in [3.63, 3.8) is 0 Å². The van der Waals surface area contributed by atoms with Gasteiger partial charge in [-0.1, -0.05) is 12.1 Å². The van der Waals surface area contributed by atoms with Gasteiger partial charge >= 0.3 is 5.97 Å². The number of hydrogen-bond acceptors (Lipinski definition) is 4. The molecule has 0 unspecified atom stereocenters. The molecule has 2 aromatic rings. The molecule has 3 amide bonds. The van der Waals surface area contributed by atoms with Crippen molar-refractivity contribution in [3.8, 4) is 0 Å². The molecule has 2 aromatic carbocycles. The topological polar surface area (TPSA) is 113 Å². The number of carboxylic acid groups (broad SMARTS) is 1. The minimum atomic E-state index is -1.17. The molecule has 1 heterocycles. The average Bonchev–Trinajstić information content (AvgIpc) is 2.82. The molecule has 3 rings (SSSR count). The number of hydrogen-bond donors (Lipinski definition) is 3. The van der Waals surface area contributed by atoms with Gasteiger partial charge in [0, 0.05) is 5.56 Å². The second kappa shape index (κ2) is 5.38. The van der Waals surface area contributed by atoms with Crippen LogP contribution in [0.4, 0.5) is 5.69 Å². The lowest BCUT2D eigenvalue weighted by molar-refractivity contribution is 0.0697. The average molecular weight is 310 g/mol. The number of anilines is 1. The van der Waals surface area contributed by atoms with Crippen molar-refractivity contribution in [2.75, 3.05) is 5.32 Å². The first-order valence-electron chi connectivity index (χ1n) is 6.61. The van der Waals surface area contributed by atoms with E-state index in [2.05, 4.69) is 10.6 Å². The molecule has 7 heteroatoms. The van der Waals surface area contributed by atoms with Crippen LogP contribution in [-0.4, -0.2) is 28.8 Å². The van der Waals surface area contributed by atoms with E-state index >= 15 is 0 Å². The zero-order valence-electron chi connectivity index (χ0n) is 11.6. The van der Waals surface area contributed by atoms with Gasteiger partial charge in [0.1, 0.15) is 0 Å². The van der Waals surface area contributed by atoms with E-state index in [1.165, 1.54) is 30.3 Å². The molecule has 0 radical (unpaired) electrons. The minimum absolute atomic E-state index is 0.0464. The van der Waals surface area contributed by atoms with Gasteiger partial charge in [0.15, 0.2) is 0 Å². The van der Waals surface area contributed by atoms with Crippen LogP contribution in [0.3, 0.4) is 0 Å². The highest BCUT2D eigenvalue weighted by Gasteiger charge is 2.27. The summed E-state index contributed by atoms with van der Waals surface area (Å²) in [5, 5.41) is 13.7. The van der Waals surface area contributed by atoms with Crippen molar-refractivity contribution in [2.45, 2.75) is 0 Å². The summed E-state index contributed by atoms with van der Waals surface area (Å²) in [5.74, 6) is -2.81. The van der Waals surface area contributed by atoms with Crippen molar-refractivity contribution in [2.24, 2.45) is 0 Å². The molecule has 0 atom stereocenters. The lowest BCUT2D eigenvalue weighted by Gasteiger charge is -2.08. The zero-order valence-corrected chi connectivity index (χ0v) is 11.6. The van der Waals surface area contributed by atoms with Crippen LogP contribution in [0.25, 0.3) is 0 Å². The van der Waals surface area contributed by atoms with Gasteiger partial charge < -0.3 is 10.4 Å². The fourth-order valence-corrected chi connectivity index (χ4v) is 2.28. The van der Waals surface area contributed by atoms with Crippen LogP contribution >= 0.6 is 0 Å². The van der Waals surface area contributed by atoms with Crippen molar-refractivity contribution in [1.82, 2.24) is 5.32 Å². The standard InChI is InChI=1S/C16H10N2O5/c19-13(17-12-4-2-1-3-10(12)16(22)23)8-5-6-9-11(7-8)15(21)18-14(9)20/h1-7H,(H,17,19)(H,22,23)(H,18,20,21). The maximum absolute atomic E-state index is 12.3. The second-order valence-electron chi connectivity index (χ2n) is 4.85. The molecule has 0 bridgehead atoms. The number of fused-ring (bicyclic) bond motifs is 1. The number of amides is 3. The third-order valence-corrected chi connectivity index (χ3v) is 3.40. The molecule has 0 spiro atoms. The monoisotopic (exact) mass is 310 g/mol. The highest BCUT2D eigenvalue weighted by Crippen LogP contribution is 2.20. The predicted octanol–water partition coefficient (Wildman–Crippen LogP) is 1.52. The molecule has 1 aliphatic heterocycles. The predicted molar refractivity (Wildman–Crippen MR) is 79.6 cm³/mol. The number of nitrogens with one attached hydrogen (secondary N) is 2. The lowest BCUT2D eigenvalue weighted by atomic mass is 10.0. The summed E-state index contributed by atoms with van der Waals surface area (Å²) >= 11 is 0. The number of benzene rings is 2. The zero-order chi connectivity index (χ0) is 16.6. The van der Waals surface area contributed by atoms with Crippen LogP contribution in [0, 0.1) is 0 Å². The maximum atomic E-state index is 12.3. The highest BCUT2D eigenvalue weighted by molar-refractivity contribution is 6.22. The Morgan fingerprint density at radius 3 is 2.39 bits per heavy atom. The molecule has 0 saturated heterocycles. The third-order valence-electron chi connectivity index (χ3n) is 3.40. The molecule has 0 aliphatic carbocycles. The molecule has 0 fully saturated rings. The van der Waals surface area contributed by atoms with Crippen LogP contribution < -0.4 is 10.6 Å². The van der Waals surface area contributed by atoms with Crippen molar-refractivity contribution >= 4 is 29.4 Å². The Hall–Kier alpha value is -3.48. The second-order valence-corrected chi connectivity index (χ2v) is 4.85. The van der Waals surface area contributed by atoms with Gasteiger partial charge in [0.25, 0.3) is 17.7 Å². The van der Waals surface area contributed by atoms with E-state index < -0.39 is 23.7 Å². The van der Waals surface area contributed by atoms with Crippen LogP contribution in [0.1, 0.15) is 41.4 Å². The van der Waals surface area contributed by atoms with Gasteiger partial charge in [-0.15, -0.1) is 0 Å². The lowest BCUT2D eigenvalue weighted by Crippen LogP contribution is -2.20. The maximum Gasteiger partial charge on any atom is 0.337 e. The Morgan fingerprint density at radius 2 is 1.65 bits per heavy atom. The van der Waals surface area contributed by atoms with E-state index in [1.54, 1.807) is 12.1 Å². The van der Waals surface area contributed by atoms with Gasteiger partial charge in [0.05, 0.1) is 22.4 Å². The van der Waals surface area contributed by atoms with Crippen molar-refractivity contribution in [3.05, 3.63) is 64.7 Å². The first-order valence-corrected chi connectivity index (χ1v) is 6.61.